The Kier molecular flexibility index (Phi) is 5.78. The van der Waals surface area contributed by atoms with Gasteiger partial charge in [0.1, 0.15) is 6.33 Å². The van der Waals surface area contributed by atoms with Crippen molar-refractivity contribution in [3.05, 3.63) is 22.0 Å². The first-order valence-corrected chi connectivity index (χ1v) is 10.9. The van der Waals surface area contributed by atoms with Gasteiger partial charge in [-0.15, -0.1) is 0 Å². The number of rotatable bonds is 7. The Labute approximate surface area is 180 Å². The second kappa shape index (κ2) is 8.29. The molecule has 2 aromatic heterocycles. The van der Waals surface area contributed by atoms with E-state index in [-0.39, 0.29) is 6.79 Å². The van der Waals surface area contributed by atoms with Crippen LogP contribution in [0.15, 0.2) is 28.5 Å². The molecule has 0 atom stereocenters. The fourth-order valence-corrected chi connectivity index (χ4v) is 4.81. The van der Waals surface area contributed by atoms with Crippen molar-refractivity contribution in [2.24, 2.45) is 0 Å². The van der Waals surface area contributed by atoms with Crippen LogP contribution in [0.1, 0.15) is 20.3 Å². The molecule has 0 amide bonds. The van der Waals surface area contributed by atoms with E-state index in [1.165, 1.54) is 6.33 Å². The van der Waals surface area contributed by atoms with Crippen LogP contribution < -0.4 is 20.5 Å². The maximum Gasteiger partial charge on any atom is 0.231 e. The Morgan fingerprint density at radius 2 is 2.18 bits per heavy atom. The number of ether oxygens (including phenoxy) is 2. The lowest BCUT2D eigenvalue weighted by molar-refractivity contribution is 0.173. The zero-order chi connectivity index (χ0) is 19.7. The number of nitrogens with one attached hydrogen (secondary N) is 1. The van der Waals surface area contributed by atoms with Crippen molar-refractivity contribution in [2.45, 2.75) is 42.9 Å². The topological polar surface area (TPSA) is 100 Å². The summed E-state index contributed by atoms with van der Waals surface area (Å²) in [6.45, 7) is 6.25. The summed E-state index contributed by atoms with van der Waals surface area (Å²) in [7, 11) is 0. The molecule has 0 spiro atoms. The van der Waals surface area contributed by atoms with Gasteiger partial charge in [0.15, 0.2) is 33.6 Å². The summed E-state index contributed by atoms with van der Waals surface area (Å²) < 4.78 is 14.2. The molecule has 3 aromatic rings. The van der Waals surface area contributed by atoms with Crippen LogP contribution in [0.4, 0.5) is 5.82 Å². The first-order valence-electron chi connectivity index (χ1n) is 9.00. The van der Waals surface area contributed by atoms with E-state index in [4.69, 9.17) is 20.2 Å². The third kappa shape index (κ3) is 3.85. The molecule has 0 fully saturated rings. The number of hydrogen-bond acceptors (Lipinski definition) is 8. The minimum atomic E-state index is 0.257. The number of nitrogen functional groups attached to an aromatic ring is 1. The normalized spacial score (nSPS) is 13.0. The molecule has 8 nitrogen and oxygen atoms in total. The van der Waals surface area contributed by atoms with Gasteiger partial charge in [0.2, 0.25) is 6.79 Å². The fourth-order valence-electron chi connectivity index (χ4n) is 2.94. The highest BCUT2D eigenvalue weighted by Crippen LogP contribution is 2.43. The summed E-state index contributed by atoms with van der Waals surface area (Å²) in [6, 6.07) is 4.42. The van der Waals surface area contributed by atoms with E-state index in [0.717, 1.165) is 50.3 Å². The van der Waals surface area contributed by atoms with Gasteiger partial charge in [-0.2, -0.15) is 0 Å². The van der Waals surface area contributed by atoms with Crippen LogP contribution in [0.2, 0.25) is 0 Å². The third-order valence-electron chi connectivity index (χ3n) is 4.28. The largest absolute Gasteiger partial charge is 0.454 e. The molecule has 3 heterocycles. The molecule has 1 aliphatic heterocycles. The number of halogens is 1. The Morgan fingerprint density at radius 3 is 3.00 bits per heavy atom. The average Bonchev–Trinajstić information content (AvgIpc) is 3.27. The van der Waals surface area contributed by atoms with Crippen LogP contribution in [-0.4, -0.2) is 38.9 Å². The summed E-state index contributed by atoms with van der Waals surface area (Å²) in [5, 5.41) is 4.28. The first-order chi connectivity index (χ1) is 13.5. The second-order valence-corrected chi connectivity index (χ2v) is 8.74. The molecule has 0 unspecified atom stereocenters. The van der Waals surface area contributed by atoms with E-state index in [1.54, 1.807) is 11.8 Å². The first kappa shape index (κ1) is 19.5. The zero-order valence-electron chi connectivity index (χ0n) is 15.6. The number of aryl methyl sites for hydroxylation is 1. The third-order valence-corrected chi connectivity index (χ3v) is 6.77. The SMILES string of the molecule is CC(C)NCCCn1c(Sc2ccc3c(c2I)OCO3)nc2c(N)ncnc21. The lowest BCUT2D eigenvalue weighted by Crippen LogP contribution is -2.24. The highest BCUT2D eigenvalue weighted by molar-refractivity contribution is 14.1. The molecule has 3 N–H and O–H groups in total. The molecular weight excluding hydrogens is 491 g/mol. The molecule has 10 heteroatoms. The number of nitrogens with zero attached hydrogens (tertiary/aromatic N) is 4. The Morgan fingerprint density at radius 1 is 1.32 bits per heavy atom. The van der Waals surface area contributed by atoms with Gasteiger partial charge in [-0.1, -0.05) is 25.6 Å². The number of imidazole rings is 1. The molecule has 1 aliphatic rings. The van der Waals surface area contributed by atoms with Crippen molar-refractivity contribution in [1.82, 2.24) is 24.8 Å². The van der Waals surface area contributed by atoms with Crippen LogP contribution >= 0.6 is 34.4 Å². The quantitative estimate of drug-likeness (QED) is 0.368. The van der Waals surface area contributed by atoms with E-state index in [9.17, 15) is 0 Å². The smallest absolute Gasteiger partial charge is 0.231 e. The summed E-state index contributed by atoms with van der Waals surface area (Å²) >= 11 is 3.86. The minimum Gasteiger partial charge on any atom is -0.454 e. The van der Waals surface area contributed by atoms with E-state index in [1.807, 2.05) is 12.1 Å². The van der Waals surface area contributed by atoms with Crippen LogP contribution in [0.3, 0.4) is 0 Å². The van der Waals surface area contributed by atoms with Gasteiger partial charge in [-0.25, -0.2) is 15.0 Å². The summed E-state index contributed by atoms with van der Waals surface area (Å²) in [5.74, 6) is 1.96. The monoisotopic (exact) mass is 512 g/mol. The predicted molar refractivity (Wildman–Crippen MR) is 117 cm³/mol. The van der Waals surface area contributed by atoms with E-state index in [2.05, 4.69) is 56.3 Å². The number of aromatic nitrogens is 4. The molecule has 4 rings (SSSR count). The summed E-state index contributed by atoms with van der Waals surface area (Å²) in [5.41, 5.74) is 7.44. The highest BCUT2D eigenvalue weighted by atomic mass is 127. The lowest BCUT2D eigenvalue weighted by Gasteiger charge is -2.11. The minimum absolute atomic E-state index is 0.257. The van der Waals surface area contributed by atoms with E-state index in [0.29, 0.717) is 17.4 Å². The Balaban J connectivity index is 1.66. The van der Waals surface area contributed by atoms with Gasteiger partial charge < -0.3 is 25.1 Å². The summed E-state index contributed by atoms with van der Waals surface area (Å²) in [6.07, 6.45) is 2.44. The number of fused-ring (bicyclic) bond motifs is 2. The molecule has 0 aliphatic carbocycles. The average molecular weight is 512 g/mol. The zero-order valence-corrected chi connectivity index (χ0v) is 18.6. The molecule has 28 heavy (non-hydrogen) atoms. The molecular formula is C18H21IN6O2S. The van der Waals surface area contributed by atoms with Crippen molar-refractivity contribution >= 4 is 51.3 Å². The van der Waals surface area contributed by atoms with Crippen LogP contribution in [0.5, 0.6) is 11.5 Å². The number of benzene rings is 1. The molecule has 0 saturated heterocycles. The Hall–Kier alpha value is -1.79. The van der Waals surface area contributed by atoms with Crippen LogP contribution in [0, 0.1) is 3.57 Å². The van der Waals surface area contributed by atoms with Crippen LogP contribution in [-0.2, 0) is 6.54 Å². The van der Waals surface area contributed by atoms with Crippen molar-refractivity contribution in [2.75, 3.05) is 19.1 Å². The maximum atomic E-state index is 6.04. The maximum absolute atomic E-state index is 6.04. The van der Waals surface area contributed by atoms with E-state index >= 15 is 0 Å². The van der Waals surface area contributed by atoms with Crippen molar-refractivity contribution in [1.29, 1.82) is 0 Å². The van der Waals surface area contributed by atoms with Gasteiger partial charge in [-0.05, 0) is 47.7 Å². The van der Waals surface area contributed by atoms with Gasteiger partial charge >= 0.3 is 0 Å². The van der Waals surface area contributed by atoms with Crippen LogP contribution in [0.25, 0.3) is 11.2 Å². The fraction of sp³-hybridized carbons (Fsp3) is 0.389. The van der Waals surface area contributed by atoms with Gasteiger partial charge in [0, 0.05) is 17.5 Å². The standard InChI is InChI=1S/C18H21IN6O2S/c1-10(2)21-6-3-7-25-17-14(16(20)22-8-23-17)24-18(25)28-12-5-4-11-15(13(12)19)27-9-26-11/h4-5,8,10,21H,3,6-7,9H2,1-2H3,(H2,20,22,23). The molecule has 0 radical (unpaired) electrons. The predicted octanol–water partition coefficient (Wildman–Crippen LogP) is 3.28. The Bertz CT molecular complexity index is 1010. The molecule has 1 aromatic carbocycles. The highest BCUT2D eigenvalue weighted by Gasteiger charge is 2.22. The van der Waals surface area contributed by atoms with Crippen molar-refractivity contribution < 1.29 is 9.47 Å². The lowest BCUT2D eigenvalue weighted by atomic mass is 10.3. The molecule has 0 bridgehead atoms. The molecule has 0 saturated carbocycles. The van der Waals surface area contributed by atoms with Crippen molar-refractivity contribution in [3.63, 3.8) is 0 Å². The van der Waals surface area contributed by atoms with Gasteiger partial charge in [0.05, 0.1) is 3.57 Å². The molecule has 148 valence electrons. The van der Waals surface area contributed by atoms with Crippen molar-refractivity contribution in [3.8, 4) is 11.5 Å². The van der Waals surface area contributed by atoms with E-state index < -0.39 is 0 Å². The number of anilines is 1. The van der Waals surface area contributed by atoms with Gasteiger partial charge in [0.25, 0.3) is 0 Å². The second-order valence-electron chi connectivity index (χ2n) is 6.65. The van der Waals surface area contributed by atoms with Gasteiger partial charge in [-0.3, -0.25) is 0 Å². The number of hydrogen-bond donors (Lipinski definition) is 2. The number of nitrogens with two attached hydrogens (primary N) is 1. The summed E-state index contributed by atoms with van der Waals surface area (Å²) in [4.78, 5) is 14.3.